The molecular weight excluding hydrogens is 284 g/mol. The summed E-state index contributed by atoms with van der Waals surface area (Å²) in [6.07, 6.45) is 1.52. The number of aliphatic hydroxyl groups excluding tert-OH is 1. The van der Waals surface area contributed by atoms with Crippen molar-refractivity contribution in [2.24, 2.45) is 0 Å². The predicted octanol–water partition coefficient (Wildman–Crippen LogP) is 1.98. The van der Waals surface area contributed by atoms with E-state index >= 15 is 0 Å². The second-order valence-corrected chi connectivity index (χ2v) is 5.40. The van der Waals surface area contributed by atoms with E-state index in [1.165, 1.54) is 11.5 Å². The number of hydrogen-bond donors (Lipinski definition) is 3. The number of likely N-dealkylation sites (tertiary alicyclic amines) is 1. The number of carbonyl (C=O) groups excluding carboxylic acids is 1. The number of carbonyl (C=O) groups is 1. The number of benzene rings is 1. The Morgan fingerprint density at radius 2 is 2.05 bits per heavy atom. The Kier molecular flexibility index (Phi) is 4.24. The minimum atomic E-state index is -0.675. The van der Waals surface area contributed by atoms with E-state index in [2.05, 4.69) is 0 Å². The summed E-state index contributed by atoms with van der Waals surface area (Å²) in [6.45, 7) is 1.64. The lowest BCUT2D eigenvalue weighted by Crippen LogP contribution is -2.28. The van der Waals surface area contributed by atoms with Gasteiger partial charge in [0, 0.05) is 18.7 Å². The van der Waals surface area contributed by atoms with Crippen LogP contribution >= 0.6 is 0 Å². The smallest absolute Gasteiger partial charge is 0.310 e. The fraction of sp³-hybridized carbons (Fsp3) is 0.312. The molecule has 0 spiro atoms. The van der Waals surface area contributed by atoms with Crippen LogP contribution in [0.15, 0.2) is 40.8 Å². The zero-order valence-electron chi connectivity index (χ0n) is 12.0. The molecule has 0 unspecified atom stereocenters. The number of nitrogens with one attached hydrogen (secondary N) is 1. The van der Waals surface area contributed by atoms with Crippen LogP contribution in [-0.4, -0.2) is 33.9 Å². The topological polar surface area (TPSA) is 85.9 Å². The summed E-state index contributed by atoms with van der Waals surface area (Å²) in [7, 11) is 0. The van der Waals surface area contributed by atoms with Gasteiger partial charge >= 0.3 is 5.91 Å². The summed E-state index contributed by atoms with van der Waals surface area (Å²) in [5.74, 6) is -0.0565. The molecule has 0 saturated carbocycles. The van der Waals surface area contributed by atoms with Gasteiger partial charge in [0.1, 0.15) is 12.0 Å². The highest BCUT2D eigenvalue weighted by Crippen LogP contribution is 2.24. The molecule has 0 aliphatic carbocycles. The Bertz CT molecular complexity index is 650. The molecule has 3 rings (SSSR count). The summed E-state index contributed by atoms with van der Waals surface area (Å²) < 4.78 is 5.39. The van der Waals surface area contributed by atoms with Crippen molar-refractivity contribution >= 4 is 5.91 Å². The van der Waals surface area contributed by atoms with Gasteiger partial charge in [0.25, 0.3) is 0 Å². The molecule has 116 valence electrons. The minimum absolute atomic E-state index is 0.0572. The Balaban J connectivity index is 1.71. The zero-order valence-corrected chi connectivity index (χ0v) is 12.0. The molecule has 2 aromatic rings. The molecule has 1 fully saturated rings. The molecule has 0 radical (unpaired) electrons. The Morgan fingerprint density at radius 1 is 1.27 bits per heavy atom. The third kappa shape index (κ3) is 3.04. The molecule has 1 aromatic heterocycles. The second kappa shape index (κ2) is 6.31. The van der Waals surface area contributed by atoms with Gasteiger partial charge in [0.05, 0.1) is 0 Å². The van der Waals surface area contributed by atoms with Crippen molar-refractivity contribution in [3.63, 3.8) is 0 Å². The van der Waals surface area contributed by atoms with Crippen LogP contribution in [0, 0.1) is 0 Å². The van der Waals surface area contributed by atoms with Gasteiger partial charge in [-0.15, -0.1) is 0 Å². The van der Waals surface area contributed by atoms with Gasteiger partial charge in [0.2, 0.25) is 0 Å². The molecule has 1 saturated heterocycles. The maximum Gasteiger partial charge on any atom is 0.310 e. The summed E-state index contributed by atoms with van der Waals surface area (Å²) in [4.78, 5) is 13.3. The lowest BCUT2D eigenvalue weighted by Gasteiger charge is -2.19. The quantitative estimate of drug-likeness (QED) is 0.594. The van der Waals surface area contributed by atoms with Gasteiger partial charge in [-0.05, 0) is 30.5 Å². The number of furan rings is 1. The predicted molar refractivity (Wildman–Crippen MR) is 79.0 cm³/mol. The van der Waals surface area contributed by atoms with Crippen molar-refractivity contribution in [3.8, 4) is 11.3 Å². The van der Waals surface area contributed by atoms with Crippen molar-refractivity contribution in [1.82, 2.24) is 10.4 Å². The molecule has 22 heavy (non-hydrogen) atoms. The zero-order chi connectivity index (χ0) is 15.5. The van der Waals surface area contributed by atoms with Crippen LogP contribution in [0.25, 0.3) is 11.3 Å². The van der Waals surface area contributed by atoms with E-state index in [4.69, 9.17) is 9.62 Å². The van der Waals surface area contributed by atoms with Crippen LogP contribution < -0.4 is 5.48 Å². The summed E-state index contributed by atoms with van der Waals surface area (Å²) in [5.41, 5.74) is 3.50. The maximum atomic E-state index is 11.3. The monoisotopic (exact) mass is 302 g/mol. The standard InChI is InChI=1S/C16H18N2O4/c19-15-2-1-9-18(15)10-11-3-5-12(6-4-11)13-7-8-14(22-13)16(20)17-21/h3-8,15,19,21H,1-2,9-10H2,(H,17,20)/t15-/m1/s1. The van der Waals surface area contributed by atoms with Crippen LogP contribution in [0.2, 0.25) is 0 Å². The molecule has 0 bridgehead atoms. The first-order valence-electron chi connectivity index (χ1n) is 7.23. The van der Waals surface area contributed by atoms with E-state index < -0.39 is 5.91 Å². The van der Waals surface area contributed by atoms with Crippen LogP contribution in [0.5, 0.6) is 0 Å². The summed E-state index contributed by atoms with van der Waals surface area (Å²) in [6, 6.07) is 11.0. The molecule has 1 amide bonds. The maximum absolute atomic E-state index is 11.3. The van der Waals surface area contributed by atoms with Gasteiger partial charge in [-0.3, -0.25) is 14.9 Å². The normalized spacial score (nSPS) is 18.5. The third-order valence-electron chi connectivity index (χ3n) is 3.88. The Morgan fingerprint density at radius 3 is 2.68 bits per heavy atom. The minimum Gasteiger partial charge on any atom is -0.451 e. The first-order chi connectivity index (χ1) is 10.7. The molecule has 6 nitrogen and oxygen atoms in total. The van der Waals surface area contributed by atoms with Gasteiger partial charge in [-0.1, -0.05) is 24.3 Å². The fourth-order valence-electron chi connectivity index (χ4n) is 2.67. The number of rotatable bonds is 4. The molecule has 1 atom stereocenters. The number of aliphatic hydroxyl groups is 1. The highest BCUT2D eigenvalue weighted by molar-refractivity contribution is 5.91. The lowest BCUT2D eigenvalue weighted by molar-refractivity contribution is 0.0328. The molecule has 1 aliphatic heterocycles. The fourth-order valence-corrected chi connectivity index (χ4v) is 2.67. The molecule has 6 heteroatoms. The van der Waals surface area contributed by atoms with E-state index in [-0.39, 0.29) is 12.0 Å². The van der Waals surface area contributed by atoms with Crippen molar-refractivity contribution in [1.29, 1.82) is 0 Å². The Hall–Kier alpha value is -2.15. The molecule has 1 aromatic carbocycles. The van der Waals surface area contributed by atoms with Gasteiger partial charge < -0.3 is 9.52 Å². The third-order valence-corrected chi connectivity index (χ3v) is 3.88. The van der Waals surface area contributed by atoms with Crippen molar-refractivity contribution in [2.75, 3.05) is 6.54 Å². The summed E-state index contributed by atoms with van der Waals surface area (Å²) >= 11 is 0. The van der Waals surface area contributed by atoms with Crippen molar-refractivity contribution in [3.05, 3.63) is 47.7 Å². The van der Waals surface area contributed by atoms with E-state index in [0.29, 0.717) is 5.76 Å². The van der Waals surface area contributed by atoms with E-state index in [1.807, 2.05) is 29.2 Å². The summed E-state index contributed by atoms with van der Waals surface area (Å²) in [5, 5.41) is 18.4. The number of amides is 1. The van der Waals surface area contributed by atoms with E-state index in [1.54, 1.807) is 6.07 Å². The Labute approximate surface area is 127 Å². The van der Waals surface area contributed by atoms with E-state index in [9.17, 15) is 9.90 Å². The average Bonchev–Trinajstić information content (AvgIpc) is 3.17. The molecular formula is C16H18N2O4. The molecule has 3 N–H and O–H groups in total. The average molecular weight is 302 g/mol. The number of hydrogen-bond acceptors (Lipinski definition) is 5. The number of hydroxylamine groups is 1. The van der Waals surface area contributed by atoms with Crippen molar-refractivity contribution < 1.29 is 19.5 Å². The van der Waals surface area contributed by atoms with Crippen LogP contribution in [0.4, 0.5) is 0 Å². The SMILES string of the molecule is O=C(NO)c1ccc(-c2ccc(CN3CCC[C@H]3O)cc2)o1. The van der Waals surface area contributed by atoms with Gasteiger partial charge in [0.15, 0.2) is 5.76 Å². The first-order valence-corrected chi connectivity index (χ1v) is 7.23. The van der Waals surface area contributed by atoms with Crippen molar-refractivity contribution in [2.45, 2.75) is 25.6 Å². The molecule has 2 heterocycles. The second-order valence-electron chi connectivity index (χ2n) is 5.40. The lowest BCUT2D eigenvalue weighted by atomic mass is 10.1. The van der Waals surface area contributed by atoms with Crippen LogP contribution in [0.1, 0.15) is 29.0 Å². The van der Waals surface area contributed by atoms with Gasteiger partial charge in [-0.2, -0.15) is 0 Å². The van der Waals surface area contributed by atoms with Crippen LogP contribution in [-0.2, 0) is 6.54 Å². The highest BCUT2D eigenvalue weighted by atomic mass is 16.5. The largest absolute Gasteiger partial charge is 0.451 e. The first kappa shape index (κ1) is 14.8. The number of nitrogens with zero attached hydrogens (tertiary/aromatic N) is 1. The highest BCUT2D eigenvalue weighted by Gasteiger charge is 2.21. The molecule has 1 aliphatic rings. The van der Waals surface area contributed by atoms with Gasteiger partial charge in [-0.25, -0.2) is 5.48 Å². The van der Waals surface area contributed by atoms with E-state index in [0.717, 1.165) is 37.1 Å². The van der Waals surface area contributed by atoms with Crippen LogP contribution in [0.3, 0.4) is 0 Å².